The van der Waals surface area contributed by atoms with Crippen LogP contribution in [0.5, 0.6) is 0 Å². The summed E-state index contributed by atoms with van der Waals surface area (Å²) in [5.41, 5.74) is 1.53. The lowest BCUT2D eigenvalue weighted by atomic mass is 10.2. The van der Waals surface area contributed by atoms with Gasteiger partial charge in [0, 0.05) is 38.8 Å². The highest BCUT2D eigenvalue weighted by molar-refractivity contribution is 7.71. The number of benzene rings is 2. The number of anilines is 1. The van der Waals surface area contributed by atoms with Crippen LogP contribution in [0.4, 0.5) is 10.1 Å². The predicted octanol–water partition coefficient (Wildman–Crippen LogP) is 4.19. The van der Waals surface area contributed by atoms with E-state index in [4.69, 9.17) is 28.9 Å². The van der Waals surface area contributed by atoms with Crippen molar-refractivity contribution in [3.8, 4) is 11.4 Å². The maximum Gasteiger partial charge on any atom is 0.199 e. The Balaban J connectivity index is 1.48. The molecular weight excluding hydrogens is 397 g/mol. The number of rotatable bonds is 4. The van der Waals surface area contributed by atoms with Crippen molar-refractivity contribution in [1.29, 1.82) is 0 Å². The summed E-state index contributed by atoms with van der Waals surface area (Å²) in [5.74, 6) is 0.577. The van der Waals surface area contributed by atoms with Crippen LogP contribution in [0.1, 0.15) is 0 Å². The molecule has 3 aromatic rings. The molecule has 0 atom stereocenters. The van der Waals surface area contributed by atoms with E-state index < -0.39 is 0 Å². The Hall–Kier alpha value is -2.22. The van der Waals surface area contributed by atoms with Crippen molar-refractivity contribution in [1.82, 2.24) is 19.2 Å². The van der Waals surface area contributed by atoms with E-state index in [0.29, 0.717) is 22.1 Å². The molecule has 0 radical (unpaired) electrons. The fraction of sp³-hybridized carbons (Fsp3) is 0.300. The summed E-state index contributed by atoms with van der Waals surface area (Å²) in [6.07, 6.45) is 0. The predicted molar refractivity (Wildman–Crippen MR) is 113 cm³/mol. The SMILES string of the molecule is Cn1c(-c2ccccc2Cl)nn(CN2CCN(c3ccccc3F)CC2)c1=S. The Morgan fingerprint density at radius 2 is 1.71 bits per heavy atom. The van der Waals surface area contributed by atoms with Crippen molar-refractivity contribution in [2.75, 3.05) is 31.1 Å². The molecule has 0 spiro atoms. The van der Waals surface area contributed by atoms with Gasteiger partial charge in [0.2, 0.25) is 0 Å². The number of hydrogen-bond donors (Lipinski definition) is 0. The zero-order valence-corrected chi connectivity index (χ0v) is 17.1. The molecule has 0 N–H and O–H groups in total. The number of halogens is 2. The van der Waals surface area contributed by atoms with Gasteiger partial charge in [-0.05, 0) is 36.5 Å². The quantitative estimate of drug-likeness (QED) is 0.595. The highest BCUT2D eigenvalue weighted by Gasteiger charge is 2.21. The summed E-state index contributed by atoms with van der Waals surface area (Å²) in [4.78, 5) is 4.36. The molecule has 0 bridgehead atoms. The topological polar surface area (TPSA) is 29.2 Å². The summed E-state index contributed by atoms with van der Waals surface area (Å²) < 4.78 is 18.4. The van der Waals surface area contributed by atoms with Crippen LogP contribution in [-0.4, -0.2) is 45.4 Å². The van der Waals surface area contributed by atoms with E-state index in [1.54, 1.807) is 6.07 Å². The Labute approximate surface area is 173 Å². The zero-order valence-electron chi connectivity index (χ0n) is 15.6. The second kappa shape index (κ2) is 8.03. The first-order chi connectivity index (χ1) is 13.5. The van der Waals surface area contributed by atoms with Crippen molar-refractivity contribution in [3.63, 3.8) is 0 Å². The average Bonchev–Trinajstić information content (AvgIpc) is 2.98. The Kier molecular flexibility index (Phi) is 5.48. The van der Waals surface area contributed by atoms with Crippen LogP contribution in [0.3, 0.4) is 0 Å². The molecule has 0 unspecified atom stereocenters. The summed E-state index contributed by atoms with van der Waals surface area (Å²) in [7, 11) is 1.90. The molecule has 146 valence electrons. The third kappa shape index (κ3) is 3.70. The van der Waals surface area contributed by atoms with Crippen LogP contribution in [0.2, 0.25) is 5.02 Å². The van der Waals surface area contributed by atoms with Gasteiger partial charge in [-0.15, -0.1) is 0 Å². The Morgan fingerprint density at radius 3 is 2.43 bits per heavy atom. The summed E-state index contributed by atoms with van der Waals surface area (Å²) in [5, 5.41) is 5.35. The van der Waals surface area contributed by atoms with Crippen molar-refractivity contribution in [2.45, 2.75) is 6.67 Å². The molecule has 8 heteroatoms. The van der Waals surface area contributed by atoms with Crippen LogP contribution in [0, 0.1) is 10.6 Å². The molecule has 2 heterocycles. The lowest BCUT2D eigenvalue weighted by Gasteiger charge is -2.35. The average molecular weight is 418 g/mol. The number of para-hydroxylation sites is 1. The van der Waals surface area contributed by atoms with Crippen LogP contribution in [0.15, 0.2) is 48.5 Å². The maximum atomic E-state index is 14.0. The fourth-order valence-corrected chi connectivity index (χ4v) is 3.89. The van der Waals surface area contributed by atoms with Crippen molar-refractivity contribution in [3.05, 3.63) is 64.1 Å². The van der Waals surface area contributed by atoms with Crippen molar-refractivity contribution in [2.24, 2.45) is 7.05 Å². The van der Waals surface area contributed by atoms with Crippen molar-refractivity contribution >= 4 is 29.5 Å². The highest BCUT2D eigenvalue weighted by atomic mass is 35.5. The van der Waals surface area contributed by atoms with E-state index in [-0.39, 0.29) is 5.82 Å². The summed E-state index contributed by atoms with van der Waals surface area (Å²) in [6.45, 7) is 3.75. The van der Waals surface area contributed by atoms with E-state index in [1.165, 1.54) is 6.07 Å². The molecule has 0 saturated carbocycles. The third-order valence-corrected chi connectivity index (χ3v) is 5.87. The number of hydrogen-bond acceptors (Lipinski definition) is 4. The number of aromatic nitrogens is 3. The van der Waals surface area contributed by atoms with E-state index in [9.17, 15) is 4.39 Å². The molecule has 1 aliphatic rings. The zero-order chi connectivity index (χ0) is 19.7. The van der Waals surface area contributed by atoms with Crippen molar-refractivity contribution < 1.29 is 4.39 Å². The smallest absolute Gasteiger partial charge is 0.199 e. The fourth-order valence-electron chi connectivity index (χ4n) is 3.48. The second-order valence-electron chi connectivity index (χ2n) is 6.84. The standard InChI is InChI=1S/C20H21ClFN5S/c1-24-19(15-6-2-3-7-16(15)21)23-27(20(24)28)14-25-10-12-26(13-11-25)18-9-5-4-8-17(18)22/h2-9H,10-14H2,1H3. The number of piperazine rings is 1. The maximum absolute atomic E-state index is 14.0. The summed E-state index contributed by atoms with van der Waals surface area (Å²) >= 11 is 11.9. The molecular formula is C20H21ClFN5S. The molecule has 4 rings (SSSR count). The molecule has 1 aliphatic heterocycles. The minimum Gasteiger partial charge on any atom is -0.367 e. The first-order valence-corrected chi connectivity index (χ1v) is 9.94. The van der Waals surface area contributed by atoms with Gasteiger partial charge in [0.1, 0.15) is 5.82 Å². The Bertz CT molecular complexity index is 1040. The molecule has 1 fully saturated rings. The first kappa shape index (κ1) is 19.1. The van der Waals surface area contributed by atoms with Gasteiger partial charge in [0.25, 0.3) is 0 Å². The van der Waals surface area contributed by atoms with Gasteiger partial charge in [-0.1, -0.05) is 35.9 Å². The van der Waals surface area contributed by atoms with E-state index >= 15 is 0 Å². The monoisotopic (exact) mass is 417 g/mol. The molecule has 2 aromatic carbocycles. The van der Waals surface area contributed by atoms with Crippen LogP contribution >= 0.6 is 23.8 Å². The van der Waals surface area contributed by atoms with Gasteiger partial charge >= 0.3 is 0 Å². The highest BCUT2D eigenvalue weighted by Crippen LogP contribution is 2.26. The van der Waals surface area contributed by atoms with Crippen LogP contribution in [0.25, 0.3) is 11.4 Å². The normalized spacial score (nSPS) is 15.2. The van der Waals surface area contributed by atoms with Crippen LogP contribution < -0.4 is 4.90 Å². The van der Waals surface area contributed by atoms with Gasteiger partial charge in [-0.2, -0.15) is 5.10 Å². The molecule has 28 heavy (non-hydrogen) atoms. The van der Waals surface area contributed by atoms with E-state index in [0.717, 1.165) is 37.6 Å². The lowest BCUT2D eigenvalue weighted by molar-refractivity contribution is 0.194. The van der Waals surface area contributed by atoms with Gasteiger partial charge in [-0.3, -0.25) is 4.90 Å². The lowest BCUT2D eigenvalue weighted by Crippen LogP contribution is -2.47. The van der Waals surface area contributed by atoms with Gasteiger partial charge in [-0.25, -0.2) is 9.07 Å². The minimum atomic E-state index is -0.174. The van der Waals surface area contributed by atoms with Gasteiger partial charge in [0.05, 0.1) is 17.4 Å². The third-order valence-electron chi connectivity index (χ3n) is 5.06. The molecule has 1 saturated heterocycles. The van der Waals surface area contributed by atoms with E-state index in [1.807, 2.05) is 52.7 Å². The van der Waals surface area contributed by atoms with Gasteiger partial charge in [0.15, 0.2) is 10.6 Å². The second-order valence-corrected chi connectivity index (χ2v) is 7.61. The van der Waals surface area contributed by atoms with Gasteiger partial charge < -0.3 is 9.47 Å². The molecule has 5 nitrogen and oxygen atoms in total. The van der Waals surface area contributed by atoms with E-state index in [2.05, 4.69) is 9.80 Å². The molecule has 1 aromatic heterocycles. The molecule has 0 aliphatic carbocycles. The Morgan fingerprint density at radius 1 is 1.04 bits per heavy atom. The largest absolute Gasteiger partial charge is 0.367 e. The van der Waals surface area contributed by atoms with Crippen LogP contribution in [-0.2, 0) is 13.7 Å². The number of nitrogens with zero attached hydrogens (tertiary/aromatic N) is 5. The minimum absolute atomic E-state index is 0.174. The summed E-state index contributed by atoms with van der Waals surface area (Å²) in [6, 6.07) is 14.5. The first-order valence-electron chi connectivity index (χ1n) is 9.15. The molecule has 0 amide bonds.